The van der Waals surface area contributed by atoms with Gasteiger partial charge in [0.05, 0.1) is 11.4 Å². The van der Waals surface area contributed by atoms with E-state index >= 15 is 0 Å². The van der Waals surface area contributed by atoms with E-state index in [1.54, 1.807) is 0 Å². The average Bonchev–Trinajstić information content (AvgIpc) is 2.67. The van der Waals surface area contributed by atoms with Gasteiger partial charge in [0.25, 0.3) is 0 Å². The number of anilines is 6. The smallest absolute Gasteiger partial charge is 0.0540 e. The second kappa shape index (κ2) is 19.4. The molecule has 2 aliphatic rings. The van der Waals surface area contributed by atoms with Crippen molar-refractivity contribution >= 4 is 102 Å². The third kappa shape index (κ3) is 8.24. The molecule has 13 aromatic rings. The van der Waals surface area contributed by atoms with Crippen molar-refractivity contribution in [1.82, 2.24) is 0 Å². The summed E-state index contributed by atoms with van der Waals surface area (Å²) in [6.45, 7) is 9.51. The van der Waals surface area contributed by atoms with Gasteiger partial charge in [-0.25, -0.2) is 0 Å². The molecule has 0 amide bonds. The van der Waals surface area contributed by atoms with Crippen molar-refractivity contribution in [2.75, 3.05) is 9.80 Å². The summed E-state index contributed by atoms with van der Waals surface area (Å²) in [5.41, 5.74) is 22.0. The lowest BCUT2D eigenvalue weighted by Gasteiger charge is -2.29. The van der Waals surface area contributed by atoms with Gasteiger partial charge in [-0.1, -0.05) is 246 Å². The minimum absolute atomic E-state index is 0.185. The molecule has 2 heteroatoms. The Kier molecular flexibility index (Phi) is 11.6. The molecule has 2 aliphatic carbocycles. The first-order chi connectivity index (χ1) is 40.1. The summed E-state index contributed by atoms with van der Waals surface area (Å²) in [5, 5.41) is 9.93. The molecule has 0 spiro atoms. The number of para-hydroxylation sites is 2. The largest absolute Gasteiger partial charge is 0.310 e. The van der Waals surface area contributed by atoms with E-state index in [2.05, 4.69) is 329 Å². The Bertz CT molecular complexity index is 4440. The molecule has 0 N–H and O–H groups in total. The van der Waals surface area contributed by atoms with Crippen LogP contribution in [0.15, 0.2) is 267 Å². The summed E-state index contributed by atoms with van der Waals surface area (Å²) in [4.78, 5) is 4.82. The van der Waals surface area contributed by atoms with Gasteiger partial charge in [-0.05, 0) is 172 Å². The third-order valence-corrected chi connectivity index (χ3v) is 17.7. The fraction of sp³-hybridized carbons (Fsp3) is 0.0750. The quantitative estimate of drug-likeness (QED) is 0.0995. The zero-order valence-corrected chi connectivity index (χ0v) is 46.6. The Morgan fingerprint density at radius 3 is 1.01 bits per heavy atom. The number of rotatable bonds is 10. The van der Waals surface area contributed by atoms with Gasteiger partial charge in [0.15, 0.2) is 0 Å². The van der Waals surface area contributed by atoms with E-state index in [-0.39, 0.29) is 10.8 Å². The number of benzene rings is 13. The molecule has 0 bridgehead atoms. The summed E-state index contributed by atoms with van der Waals surface area (Å²) in [6.07, 6.45) is 9.07. The van der Waals surface area contributed by atoms with Crippen LogP contribution >= 0.6 is 0 Å². The summed E-state index contributed by atoms with van der Waals surface area (Å²) < 4.78 is 0. The molecular formula is C80H60N2. The van der Waals surface area contributed by atoms with Gasteiger partial charge in [0, 0.05) is 44.4 Å². The fourth-order valence-corrected chi connectivity index (χ4v) is 13.5. The van der Waals surface area contributed by atoms with E-state index < -0.39 is 0 Å². The zero-order valence-electron chi connectivity index (χ0n) is 46.6. The molecular weight excluding hydrogens is 989 g/mol. The van der Waals surface area contributed by atoms with Crippen molar-refractivity contribution in [3.63, 3.8) is 0 Å². The maximum atomic E-state index is 2.42. The van der Waals surface area contributed by atoms with Gasteiger partial charge < -0.3 is 9.80 Å². The Labute approximate surface area is 480 Å². The van der Waals surface area contributed by atoms with Gasteiger partial charge in [-0.15, -0.1) is 0 Å². The molecule has 390 valence electrons. The van der Waals surface area contributed by atoms with Gasteiger partial charge in [0.1, 0.15) is 0 Å². The van der Waals surface area contributed by atoms with Crippen molar-refractivity contribution in [2.24, 2.45) is 0 Å². The molecule has 0 unspecified atom stereocenters. The van der Waals surface area contributed by atoms with Crippen LogP contribution in [-0.2, 0) is 10.8 Å². The molecule has 0 saturated carbocycles. The van der Waals surface area contributed by atoms with E-state index in [0.29, 0.717) is 0 Å². The Morgan fingerprint density at radius 2 is 0.585 bits per heavy atom. The lowest BCUT2D eigenvalue weighted by Crippen LogP contribution is -2.16. The highest BCUT2D eigenvalue weighted by atomic mass is 15.1. The number of nitrogens with zero attached hydrogens (tertiary/aromatic N) is 2. The molecule has 82 heavy (non-hydrogen) atoms. The van der Waals surface area contributed by atoms with Crippen LogP contribution in [0.3, 0.4) is 0 Å². The molecule has 2 nitrogen and oxygen atoms in total. The van der Waals surface area contributed by atoms with Gasteiger partial charge in [-0.2, -0.15) is 0 Å². The summed E-state index contributed by atoms with van der Waals surface area (Å²) in [7, 11) is 0. The second-order valence-electron chi connectivity index (χ2n) is 23.4. The predicted molar refractivity (Wildman–Crippen MR) is 352 cm³/mol. The molecule has 0 atom stereocenters. The number of hydrogen-bond acceptors (Lipinski definition) is 2. The van der Waals surface area contributed by atoms with Crippen LogP contribution in [0.1, 0.15) is 72.2 Å². The molecule has 0 aromatic heterocycles. The van der Waals surface area contributed by atoms with E-state index in [0.717, 1.165) is 22.7 Å². The SMILES string of the molecule is CC1(C)c2cc(/C=C/c3ccc4c(ccc5cc(/C=C/c6ccc7c(c6)C(C)(C)c6cc(N(c8ccccc8)c8cccc9ccccc89)ccc6-7)ccc54)c3)ccc2-c2ccc(N(c3ccccc3)c3cccc4ccccc34)cc21. The fourth-order valence-electron chi connectivity index (χ4n) is 13.5. The van der Waals surface area contributed by atoms with E-state index in [4.69, 9.17) is 0 Å². The van der Waals surface area contributed by atoms with Crippen molar-refractivity contribution < 1.29 is 0 Å². The highest BCUT2D eigenvalue weighted by Crippen LogP contribution is 2.53. The first-order valence-electron chi connectivity index (χ1n) is 28.7. The normalized spacial score (nSPS) is 13.7. The molecule has 0 aliphatic heterocycles. The Balaban J connectivity index is 0.665. The maximum Gasteiger partial charge on any atom is 0.0540 e. The Morgan fingerprint density at radius 1 is 0.244 bits per heavy atom. The van der Waals surface area contributed by atoms with Crippen LogP contribution in [0.5, 0.6) is 0 Å². The van der Waals surface area contributed by atoms with Crippen LogP contribution < -0.4 is 9.80 Å². The standard InChI is InChI=1S/C80H60N2/c1-79(2)73-49-55(35-43-69(73)71-45-39-63(51-75(71)79)81(61-21-7-5-8-22-61)77-27-15-19-57-17-11-13-25-67(57)77)31-29-53-33-41-65-59(47-53)37-38-60-48-54(34-42-66(60)65)30-32-56-36-44-70-72-46-40-64(52-76(72)80(3,4)74(70)50-56)82(62-23-9-6-10-24-62)78-28-16-20-58-18-12-14-26-68(58)78/h5-52H,1-4H3/b31-29+,32-30+. The molecule has 0 saturated heterocycles. The first kappa shape index (κ1) is 49.1. The second-order valence-corrected chi connectivity index (χ2v) is 23.4. The lowest BCUT2D eigenvalue weighted by molar-refractivity contribution is 0.660. The topological polar surface area (TPSA) is 6.48 Å². The Hall–Kier alpha value is -10.0. The van der Waals surface area contributed by atoms with Crippen LogP contribution in [0.2, 0.25) is 0 Å². The average molecular weight is 1050 g/mol. The van der Waals surface area contributed by atoms with Crippen LogP contribution in [0.4, 0.5) is 34.1 Å². The van der Waals surface area contributed by atoms with Crippen molar-refractivity contribution in [3.05, 3.63) is 311 Å². The lowest BCUT2D eigenvalue weighted by atomic mass is 9.81. The van der Waals surface area contributed by atoms with Gasteiger partial charge in [-0.3, -0.25) is 0 Å². The molecule has 0 radical (unpaired) electrons. The highest BCUT2D eigenvalue weighted by Gasteiger charge is 2.38. The minimum atomic E-state index is -0.185. The van der Waals surface area contributed by atoms with Crippen LogP contribution in [0.25, 0.3) is 89.6 Å². The highest BCUT2D eigenvalue weighted by molar-refractivity contribution is 6.09. The van der Waals surface area contributed by atoms with Crippen LogP contribution in [0, 0.1) is 0 Å². The van der Waals surface area contributed by atoms with Crippen molar-refractivity contribution in [3.8, 4) is 22.3 Å². The maximum absolute atomic E-state index is 2.42. The van der Waals surface area contributed by atoms with Crippen LogP contribution in [-0.4, -0.2) is 0 Å². The van der Waals surface area contributed by atoms with Gasteiger partial charge >= 0.3 is 0 Å². The van der Waals surface area contributed by atoms with E-state index in [1.165, 1.54) is 121 Å². The molecule has 0 heterocycles. The summed E-state index contributed by atoms with van der Waals surface area (Å²) in [6, 6.07) is 98.5. The van der Waals surface area contributed by atoms with Crippen molar-refractivity contribution in [1.29, 1.82) is 0 Å². The summed E-state index contributed by atoms with van der Waals surface area (Å²) >= 11 is 0. The number of fused-ring (bicyclic) bond motifs is 11. The number of hydrogen-bond donors (Lipinski definition) is 0. The predicted octanol–water partition coefficient (Wildman–Crippen LogP) is 22.2. The van der Waals surface area contributed by atoms with Crippen molar-refractivity contribution in [2.45, 2.75) is 38.5 Å². The zero-order chi connectivity index (χ0) is 55.1. The minimum Gasteiger partial charge on any atom is -0.310 e. The molecule has 15 rings (SSSR count). The van der Waals surface area contributed by atoms with E-state index in [9.17, 15) is 0 Å². The molecule has 13 aromatic carbocycles. The van der Waals surface area contributed by atoms with E-state index in [1.807, 2.05) is 0 Å². The first-order valence-corrected chi connectivity index (χ1v) is 28.7. The third-order valence-electron chi connectivity index (χ3n) is 17.7. The molecule has 0 fully saturated rings. The summed E-state index contributed by atoms with van der Waals surface area (Å²) in [5.74, 6) is 0. The van der Waals surface area contributed by atoms with Gasteiger partial charge in [0.2, 0.25) is 0 Å². The monoisotopic (exact) mass is 1050 g/mol.